The normalized spacial score (nSPS) is 21.0. The molecule has 7 heteroatoms. The highest BCUT2D eigenvalue weighted by Crippen LogP contribution is 2.28. The van der Waals surface area contributed by atoms with E-state index in [-0.39, 0.29) is 27.8 Å². The summed E-state index contributed by atoms with van der Waals surface area (Å²) in [6.45, 7) is 7.43. The summed E-state index contributed by atoms with van der Waals surface area (Å²) in [5, 5.41) is -0.134. The van der Waals surface area contributed by atoms with Gasteiger partial charge < -0.3 is 0 Å². The summed E-state index contributed by atoms with van der Waals surface area (Å²) in [7, 11) is -3.82. The van der Waals surface area contributed by atoms with Crippen LogP contribution in [-0.2, 0) is 14.8 Å². The fourth-order valence-electron chi connectivity index (χ4n) is 1.82. The molecule has 1 fully saturated rings. The average molecular weight is 324 g/mol. The van der Waals surface area contributed by atoms with Gasteiger partial charge in [0.1, 0.15) is 0 Å². The third-order valence-electron chi connectivity index (χ3n) is 2.96. The lowest BCUT2D eigenvalue weighted by atomic mass is 10.2. The second-order valence-electron chi connectivity index (χ2n) is 4.66. The summed E-state index contributed by atoms with van der Waals surface area (Å²) >= 11 is 1.15. The molecule has 1 amide bonds. The number of nitrogens with zero attached hydrogens (tertiary/aromatic N) is 2. The molecule has 0 spiro atoms. The lowest BCUT2D eigenvalue weighted by Gasteiger charge is -2.13. The van der Waals surface area contributed by atoms with Crippen LogP contribution in [0.25, 0.3) is 0 Å². The number of carbonyl (C=O) groups excluding carboxylic acids is 1. The lowest BCUT2D eigenvalue weighted by Crippen LogP contribution is -2.31. The topological polar surface area (TPSA) is 66.8 Å². The molecule has 1 atom stereocenters. The van der Waals surface area contributed by atoms with Crippen LogP contribution in [-0.4, -0.2) is 36.2 Å². The Kier molecular flexibility index (Phi) is 4.53. The molecule has 0 N–H and O–H groups in total. The first kappa shape index (κ1) is 15.8. The van der Waals surface area contributed by atoms with Gasteiger partial charge in [0.15, 0.2) is 5.17 Å². The van der Waals surface area contributed by atoms with Gasteiger partial charge in [-0.1, -0.05) is 35.5 Å². The molecule has 112 valence electrons. The molecule has 1 unspecified atom stereocenters. The van der Waals surface area contributed by atoms with E-state index in [1.807, 2.05) is 6.92 Å². The summed E-state index contributed by atoms with van der Waals surface area (Å²) in [5.41, 5.74) is 0.967. The monoisotopic (exact) mass is 324 g/mol. The van der Waals surface area contributed by atoms with E-state index < -0.39 is 10.0 Å². The van der Waals surface area contributed by atoms with Gasteiger partial charge in [0.05, 0.1) is 10.1 Å². The molecule has 21 heavy (non-hydrogen) atoms. The molecule has 0 bridgehead atoms. The maximum absolute atomic E-state index is 12.3. The van der Waals surface area contributed by atoms with Crippen molar-refractivity contribution in [2.24, 2.45) is 4.40 Å². The Morgan fingerprint density at radius 1 is 1.38 bits per heavy atom. The molecular weight excluding hydrogens is 308 g/mol. The Balaban J connectivity index is 2.39. The third kappa shape index (κ3) is 3.36. The SMILES string of the molecule is C=CCN1C(=O)C(C)S/C1=N/S(=O)(=O)c1ccc(C)cc1. The van der Waals surface area contributed by atoms with E-state index in [0.29, 0.717) is 0 Å². The molecule has 1 aliphatic rings. The maximum atomic E-state index is 12.3. The second kappa shape index (κ2) is 6.03. The van der Waals surface area contributed by atoms with Crippen LogP contribution in [0.3, 0.4) is 0 Å². The van der Waals surface area contributed by atoms with Gasteiger partial charge in [-0.3, -0.25) is 9.69 Å². The highest BCUT2D eigenvalue weighted by Gasteiger charge is 2.35. The number of hydrogen-bond donors (Lipinski definition) is 0. The zero-order valence-corrected chi connectivity index (χ0v) is 13.4. The van der Waals surface area contributed by atoms with Crippen molar-refractivity contribution in [2.75, 3.05) is 6.54 Å². The first-order valence-corrected chi connectivity index (χ1v) is 8.67. The fourth-order valence-corrected chi connectivity index (χ4v) is 4.01. The van der Waals surface area contributed by atoms with Gasteiger partial charge in [0.2, 0.25) is 5.91 Å². The Bertz CT molecular complexity index is 693. The second-order valence-corrected chi connectivity index (χ2v) is 7.57. The van der Waals surface area contributed by atoms with Gasteiger partial charge in [0, 0.05) is 6.54 Å². The van der Waals surface area contributed by atoms with E-state index in [9.17, 15) is 13.2 Å². The van der Waals surface area contributed by atoms with Crippen molar-refractivity contribution >= 4 is 32.9 Å². The first-order valence-electron chi connectivity index (χ1n) is 6.35. The predicted molar refractivity (Wildman–Crippen MR) is 84.8 cm³/mol. The van der Waals surface area contributed by atoms with E-state index in [1.54, 1.807) is 25.1 Å². The number of benzene rings is 1. The van der Waals surface area contributed by atoms with Crippen molar-refractivity contribution in [2.45, 2.75) is 24.0 Å². The number of thioether (sulfide) groups is 1. The quantitative estimate of drug-likeness (QED) is 0.796. The van der Waals surface area contributed by atoms with Crippen LogP contribution in [0.1, 0.15) is 12.5 Å². The van der Waals surface area contributed by atoms with E-state index in [4.69, 9.17) is 0 Å². The molecule has 5 nitrogen and oxygen atoms in total. The lowest BCUT2D eigenvalue weighted by molar-refractivity contribution is -0.125. The maximum Gasteiger partial charge on any atom is 0.284 e. The van der Waals surface area contributed by atoms with Crippen molar-refractivity contribution in [3.8, 4) is 0 Å². The van der Waals surface area contributed by atoms with Gasteiger partial charge in [-0.15, -0.1) is 11.0 Å². The van der Waals surface area contributed by atoms with Crippen LogP contribution in [0.5, 0.6) is 0 Å². The number of sulfonamides is 1. The summed E-state index contributed by atoms with van der Waals surface area (Å²) in [5.74, 6) is -0.155. The van der Waals surface area contributed by atoms with Crippen molar-refractivity contribution < 1.29 is 13.2 Å². The van der Waals surface area contributed by atoms with Crippen LogP contribution in [0.15, 0.2) is 46.2 Å². The van der Waals surface area contributed by atoms with E-state index in [1.165, 1.54) is 17.0 Å². The number of rotatable bonds is 4. The summed E-state index contributed by atoms with van der Waals surface area (Å²) < 4.78 is 28.4. The molecule has 1 aliphatic heterocycles. The Labute approximate surface area is 128 Å². The number of amides is 1. The third-order valence-corrected chi connectivity index (χ3v) is 5.43. The largest absolute Gasteiger partial charge is 0.286 e. The predicted octanol–water partition coefficient (Wildman–Crippen LogP) is 2.19. The minimum absolute atomic E-state index is 0.117. The van der Waals surface area contributed by atoms with Gasteiger partial charge in [0.25, 0.3) is 10.0 Å². The van der Waals surface area contributed by atoms with Crippen molar-refractivity contribution in [3.63, 3.8) is 0 Å². The first-order chi connectivity index (χ1) is 9.85. The van der Waals surface area contributed by atoms with Crippen LogP contribution < -0.4 is 0 Å². The fraction of sp³-hybridized carbons (Fsp3) is 0.286. The molecule has 2 rings (SSSR count). The molecule has 0 radical (unpaired) electrons. The Morgan fingerprint density at radius 3 is 2.57 bits per heavy atom. The van der Waals surface area contributed by atoms with Gasteiger partial charge in [-0.25, -0.2) is 0 Å². The summed E-state index contributed by atoms with van der Waals surface area (Å²) in [6.07, 6.45) is 1.55. The standard InChI is InChI=1S/C14H16N2O3S2/c1-4-9-16-13(17)11(3)20-14(16)15-21(18,19)12-7-5-10(2)6-8-12/h4-8,11H,1,9H2,2-3H3/b15-14+. The highest BCUT2D eigenvalue weighted by atomic mass is 32.2. The van der Waals surface area contributed by atoms with Crippen molar-refractivity contribution in [3.05, 3.63) is 42.5 Å². The summed E-state index contributed by atoms with van der Waals surface area (Å²) in [4.78, 5) is 13.4. The van der Waals surface area contributed by atoms with Crippen LogP contribution >= 0.6 is 11.8 Å². The smallest absolute Gasteiger partial charge is 0.284 e. The van der Waals surface area contributed by atoms with Gasteiger partial charge >= 0.3 is 0 Å². The highest BCUT2D eigenvalue weighted by molar-refractivity contribution is 8.16. The zero-order valence-electron chi connectivity index (χ0n) is 11.8. The molecular formula is C14H16N2O3S2. The van der Waals surface area contributed by atoms with Crippen LogP contribution in [0.4, 0.5) is 0 Å². The van der Waals surface area contributed by atoms with Crippen LogP contribution in [0.2, 0.25) is 0 Å². The number of amidine groups is 1. The molecule has 0 aromatic heterocycles. The average Bonchev–Trinajstić information content (AvgIpc) is 2.67. The summed E-state index contributed by atoms with van der Waals surface area (Å²) in [6, 6.07) is 6.45. The minimum atomic E-state index is -3.82. The number of aryl methyl sites for hydroxylation is 1. The number of carbonyl (C=O) groups is 1. The molecule has 1 heterocycles. The molecule has 1 aromatic carbocycles. The Morgan fingerprint density at radius 2 is 2.00 bits per heavy atom. The number of hydrogen-bond acceptors (Lipinski definition) is 4. The van der Waals surface area contributed by atoms with Crippen molar-refractivity contribution in [1.82, 2.24) is 4.90 Å². The molecule has 0 saturated carbocycles. The van der Waals surface area contributed by atoms with E-state index >= 15 is 0 Å². The van der Waals surface area contributed by atoms with Gasteiger partial charge in [-0.2, -0.15) is 8.42 Å². The molecule has 1 aromatic rings. The van der Waals surface area contributed by atoms with Crippen molar-refractivity contribution in [1.29, 1.82) is 0 Å². The molecule has 0 aliphatic carbocycles. The molecule has 1 saturated heterocycles. The van der Waals surface area contributed by atoms with Crippen LogP contribution in [0, 0.1) is 6.92 Å². The Hall–Kier alpha value is -1.60. The minimum Gasteiger partial charge on any atom is -0.286 e. The van der Waals surface area contributed by atoms with E-state index in [0.717, 1.165) is 17.3 Å². The zero-order chi connectivity index (χ0) is 15.6. The van der Waals surface area contributed by atoms with E-state index in [2.05, 4.69) is 11.0 Å². The van der Waals surface area contributed by atoms with Gasteiger partial charge in [-0.05, 0) is 26.0 Å².